The molecule has 1 unspecified atom stereocenters. The number of carbonyl (C=O) groups excluding carboxylic acids is 2. The summed E-state index contributed by atoms with van der Waals surface area (Å²) in [5.74, 6) is 0.430. The molecule has 0 aliphatic carbocycles. The van der Waals surface area contributed by atoms with Gasteiger partial charge in [0.25, 0.3) is 0 Å². The first kappa shape index (κ1) is 20.3. The van der Waals surface area contributed by atoms with Crippen LogP contribution in [0.4, 0.5) is 0 Å². The van der Waals surface area contributed by atoms with Crippen molar-refractivity contribution in [2.75, 3.05) is 26.4 Å². The summed E-state index contributed by atoms with van der Waals surface area (Å²) in [7, 11) is 0. The Labute approximate surface area is 164 Å². The van der Waals surface area contributed by atoms with Crippen molar-refractivity contribution in [1.82, 2.24) is 20.2 Å². The van der Waals surface area contributed by atoms with Crippen molar-refractivity contribution in [2.24, 2.45) is 0 Å². The van der Waals surface area contributed by atoms with Crippen molar-refractivity contribution in [2.45, 2.75) is 45.4 Å². The van der Waals surface area contributed by atoms with Crippen LogP contribution in [-0.2, 0) is 32.2 Å². The van der Waals surface area contributed by atoms with E-state index in [1.807, 2.05) is 35.8 Å². The number of nitrogens with zero attached hydrogens (tertiary/aromatic N) is 2. The minimum Gasteiger partial charge on any atom is -0.382 e. The molecule has 8 heteroatoms. The number of rotatable bonds is 10. The third kappa shape index (κ3) is 5.30. The Hall–Kier alpha value is -2.45. The Balaban J connectivity index is 1.63. The highest BCUT2D eigenvalue weighted by Crippen LogP contribution is 2.17. The Kier molecular flexibility index (Phi) is 7.39. The maximum Gasteiger partial charge on any atom is 0.249 e. The first-order chi connectivity index (χ1) is 13.7. The number of carbonyl (C=O) groups is 2. The Morgan fingerprint density at radius 2 is 2.18 bits per heavy atom. The summed E-state index contributed by atoms with van der Waals surface area (Å²) in [6.07, 6.45) is 2.03. The summed E-state index contributed by atoms with van der Waals surface area (Å²) in [5.41, 5.74) is 1.67. The molecule has 0 spiro atoms. The van der Waals surface area contributed by atoms with Gasteiger partial charge < -0.3 is 24.7 Å². The van der Waals surface area contributed by atoms with Gasteiger partial charge in [0.1, 0.15) is 18.5 Å². The molecule has 1 fully saturated rings. The number of imidazole rings is 1. The van der Waals surface area contributed by atoms with Crippen LogP contribution in [0.1, 0.15) is 32.0 Å². The van der Waals surface area contributed by atoms with Gasteiger partial charge in [-0.2, -0.15) is 0 Å². The Bertz CT molecular complexity index is 799. The van der Waals surface area contributed by atoms with E-state index in [-0.39, 0.29) is 31.0 Å². The summed E-state index contributed by atoms with van der Waals surface area (Å²) in [6, 6.07) is 7.64. The molecule has 2 N–H and O–H groups in total. The molecule has 0 bridgehead atoms. The molecule has 152 valence electrons. The van der Waals surface area contributed by atoms with Crippen molar-refractivity contribution >= 4 is 22.8 Å². The van der Waals surface area contributed by atoms with Crippen LogP contribution in [0.15, 0.2) is 24.3 Å². The summed E-state index contributed by atoms with van der Waals surface area (Å²) in [6.45, 7) is 4.85. The second kappa shape index (κ2) is 10.2. The van der Waals surface area contributed by atoms with E-state index in [0.29, 0.717) is 32.2 Å². The van der Waals surface area contributed by atoms with Crippen LogP contribution < -0.4 is 10.6 Å². The van der Waals surface area contributed by atoms with Crippen LogP contribution in [0.2, 0.25) is 0 Å². The van der Waals surface area contributed by atoms with Crippen molar-refractivity contribution in [3.63, 3.8) is 0 Å². The van der Waals surface area contributed by atoms with E-state index in [1.54, 1.807) is 0 Å². The third-order valence-corrected chi connectivity index (χ3v) is 4.67. The van der Waals surface area contributed by atoms with E-state index < -0.39 is 0 Å². The first-order valence-electron chi connectivity index (χ1n) is 9.87. The van der Waals surface area contributed by atoms with Crippen LogP contribution in [0.5, 0.6) is 0 Å². The Morgan fingerprint density at radius 3 is 2.96 bits per heavy atom. The van der Waals surface area contributed by atoms with Gasteiger partial charge in [-0.3, -0.25) is 9.59 Å². The highest BCUT2D eigenvalue weighted by atomic mass is 16.5. The van der Waals surface area contributed by atoms with Crippen molar-refractivity contribution in [3.05, 3.63) is 30.1 Å². The van der Waals surface area contributed by atoms with E-state index in [2.05, 4.69) is 15.6 Å². The van der Waals surface area contributed by atoms with Crippen LogP contribution in [0, 0.1) is 0 Å². The Morgan fingerprint density at radius 1 is 1.32 bits per heavy atom. The van der Waals surface area contributed by atoms with Gasteiger partial charge in [0.15, 0.2) is 0 Å². The molecule has 1 saturated heterocycles. The third-order valence-electron chi connectivity index (χ3n) is 4.67. The molecule has 3 rings (SSSR count). The van der Waals surface area contributed by atoms with Gasteiger partial charge in [-0.15, -0.1) is 0 Å². The number of hydrogen-bond donors (Lipinski definition) is 2. The van der Waals surface area contributed by atoms with Gasteiger partial charge in [-0.25, -0.2) is 4.98 Å². The summed E-state index contributed by atoms with van der Waals surface area (Å²) in [4.78, 5) is 29.2. The summed E-state index contributed by atoms with van der Waals surface area (Å²) >= 11 is 0. The SMILES string of the molecule is CCOCCCNC(=O)Cn1c(CNC(=O)C2CCCO2)nc2ccccc21. The van der Waals surface area contributed by atoms with Gasteiger partial charge >= 0.3 is 0 Å². The van der Waals surface area contributed by atoms with E-state index in [4.69, 9.17) is 9.47 Å². The molecule has 0 radical (unpaired) electrons. The number of aromatic nitrogens is 2. The molecule has 1 aromatic heterocycles. The van der Waals surface area contributed by atoms with Crippen LogP contribution in [-0.4, -0.2) is 53.8 Å². The molecule has 2 amide bonds. The van der Waals surface area contributed by atoms with Crippen molar-refractivity contribution in [3.8, 4) is 0 Å². The lowest BCUT2D eigenvalue weighted by Gasteiger charge is -2.12. The molecule has 1 atom stereocenters. The number of nitrogens with one attached hydrogen (secondary N) is 2. The minimum absolute atomic E-state index is 0.0913. The number of para-hydroxylation sites is 2. The maximum absolute atomic E-state index is 12.4. The topological polar surface area (TPSA) is 94.5 Å². The molecule has 1 aliphatic heterocycles. The van der Waals surface area contributed by atoms with E-state index >= 15 is 0 Å². The van der Waals surface area contributed by atoms with Gasteiger partial charge in [0, 0.05) is 26.4 Å². The monoisotopic (exact) mass is 388 g/mol. The average Bonchev–Trinajstić information content (AvgIpc) is 3.35. The zero-order valence-corrected chi connectivity index (χ0v) is 16.3. The standard InChI is InChI=1S/C20H28N4O4/c1-2-27-11-6-10-21-19(25)14-24-16-8-4-3-7-15(16)23-18(24)13-22-20(26)17-9-5-12-28-17/h3-4,7-8,17H,2,5-6,9-14H2,1H3,(H,21,25)(H,22,26). The molecule has 0 saturated carbocycles. The predicted molar refractivity (Wildman–Crippen MR) is 105 cm³/mol. The normalized spacial score (nSPS) is 16.4. The average molecular weight is 388 g/mol. The summed E-state index contributed by atoms with van der Waals surface area (Å²) in [5, 5.41) is 5.79. The predicted octanol–water partition coefficient (Wildman–Crippen LogP) is 1.37. The molecular formula is C20H28N4O4. The number of benzene rings is 1. The fourth-order valence-corrected chi connectivity index (χ4v) is 3.25. The molecule has 28 heavy (non-hydrogen) atoms. The number of fused-ring (bicyclic) bond motifs is 1. The lowest BCUT2D eigenvalue weighted by Crippen LogP contribution is -2.35. The van der Waals surface area contributed by atoms with Crippen molar-refractivity contribution in [1.29, 1.82) is 0 Å². The fraction of sp³-hybridized carbons (Fsp3) is 0.550. The smallest absolute Gasteiger partial charge is 0.249 e. The molecule has 1 aliphatic rings. The highest BCUT2D eigenvalue weighted by molar-refractivity contribution is 5.82. The second-order valence-electron chi connectivity index (χ2n) is 6.72. The van der Waals surface area contributed by atoms with Gasteiger partial charge in [0.2, 0.25) is 11.8 Å². The van der Waals surface area contributed by atoms with Gasteiger partial charge in [0.05, 0.1) is 17.6 Å². The second-order valence-corrected chi connectivity index (χ2v) is 6.72. The largest absolute Gasteiger partial charge is 0.382 e. The molecule has 8 nitrogen and oxygen atoms in total. The van der Waals surface area contributed by atoms with Crippen LogP contribution in [0.3, 0.4) is 0 Å². The van der Waals surface area contributed by atoms with E-state index in [1.165, 1.54) is 0 Å². The molecule has 2 aromatic rings. The zero-order chi connectivity index (χ0) is 19.8. The quantitative estimate of drug-likeness (QED) is 0.600. The lowest BCUT2D eigenvalue weighted by molar-refractivity contribution is -0.130. The maximum atomic E-state index is 12.4. The van der Waals surface area contributed by atoms with E-state index in [0.717, 1.165) is 30.3 Å². The number of ether oxygens (including phenoxy) is 2. The fourth-order valence-electron chi connectivity index (χ4n) is 3.25. The molecule has 2 heterocycles. The number of hydrogen-bond acceptors (Lipinski definition) is 5. The molecular weight excluding hydrogens is 360 g/mol. The van der Waals surface area contributed by atoms with E-state index in [9.17, 15) is 9.59 Å². The van der Waals surface area contributed by atoms with Crippen LogP contribution in [0.25, 0.3) is 11.0 Å². The van der Waals surface area contributed by atoms with Crippen LogP contribution >= 0.6 is 0 Å². The lowest BCUT2D eigenvalue weighted by atomic mass is 10.2. The summed E-state index contributed by atoms with van der Waals surface area (Å²) < 4.78 is 12.5. The van der Waals surface area contributed by atoms with Gasteiger partial charge in [-0.05, 0) is 38.3 Å². The molecule has 1 aromatic carbocycles. The van der Waals surface area contributed by atoms with Crippen molar-refractivity contribution < 1.29 is 19.1 Å². The minimum atomic E-state index is -0.383. The highest BCUT2D eigenvalue weighted by Gasteiger charge is 2.24. The number of amides is 2. The van der Waals surface area contributed by atoms with Gasteiger partial charge in [-0.1, -0.05) is 12.1 Å². The first-order valence-corrected chi connectivity index (χ1v) is 9.87. The zero-order valence-electron chi connectivity index (χ0n) is 16.3.